The molecule has 36 heavy (non-hydrogen) atoms. The lowest BCUT2D eigenvalue weighted by molar-refractivity contribution is -0.124. The normalized spacial score (nSPS) is 18.5. The Morgan fingerprint density at radius 2 is 1.78 bits per heavy atom. The highest BCUT2D eigenvalue weighted by Crippen LogP contribution is 2.29. The van der Waals surface area contributed by atoms with E-state index < -0.39 is 52.7 Å². The molecule has 1 fully saturated rings. The summed E-state index contributed by atoms with van der Waals surface area (Å²) in [7, 11) is -4.28. The number of aromatic nitrogens is 1. The van der Waals surface area contributed by atoms with E-state index in [2.05, 4.69) is 10.3 Å². The molecule has 190 valence electrons. The zero-order chi connectivity index (χ0) is 26.0. The number of alkyl halides is 3. The Morgan fingerprint density at radius 1 is 1.06 bits per heavy atom. The number of hydrogen-bond acceptors (Lipinski definition) is 4. The molecule has 6 nitrogen and oxygen atoms in total. The predicted molar refractivity (Wildman–Crippen MR) is 120 cm³/mol. The summed E-state index contributed by atoms with van der Waals surface area (Å²) >= 11 is 0. The molecule has 1 aliphatic rings. The molecule has 1 aromatic heterocycles. The molecular weight excluding hydrogens is 505 g/mol. The second-order valence-corrected chi connectivity index (χ2v) is 10.1. The summed E-state index contributed by atoms with van der Waals surface area (Å²) in [5.41, 5.74) is 0.524. The van der Waals surface area contributed by atoms with Gasteiger partial charge in [0.05, 0.1) is 10.6 Å². The molecular formula is C24H20F5N3O3S. The Bertz CT molecular complexity index is 1350. The maximum atomic E-state index is 14.2. The smallest absolute Gasteiger partial charge is 0.265 e. The van der Waals surface area contributed by atoms with Gasteiger partial charge in [-0.25, -0.2) is 30.4 Å². The van der Waals surface area contributed by atoms with E-state index in [1.165, 1.54) is 18.2 Å². The third-order valence-corrected chi connectivity index (χ3v) is 7.57. The number of nitrogens with zero attached hydrogens (tertiary/aromatic N) is 2. The number of pyridine rings is 1. The first kappa shape index (κ1) is 25.7. The lowest BCUT2D eigenvalue weighted by Gasteiger charge is -2.23. The quantitative estimate of drug-likeness (QED) is 0.465. The molecule has 3 aromatic rings. The van der Waals surface area contributed by atoms with Crippen molar-refractivity contribution in [3.05, 3.63) is 83.6 Å². The van der Waals surface area contributed by atoms with E-state index in [0.29, 0.717) is 5.56 Å². The molecule has 2 aromatic carbocycles. The number of carbonyl (C=O) groups is 1. The van der Waals surface area contributed by atoms with Gasteiger partial charge in [-0.3, -0.25) is 9.78 Å². The first-order valence-corrected chi connectivity index (χ1v) is 12.2. The Balaban J connectivity index is 1.50. The maximum absolute atomic E-state index is 14.2. The molecule has 1 N–H and O–H groups in total. The van der Waals surface area contributed by atoms with Crippen LogP contribution in [0.5, 0.6) is 0 Å². The molecule has 2 atom stereocenters. The summed E-state index contributed by atoms with van der Waals surface area (Å²) in [5, 5.41) is 2.50. The van der Waals surface area contributed by atoms with Crippen LogP contribution < -0.4 is 5.32 Å². The van der Waals surface area contributed by atoms with Crippen molar-refractivity contribution in [2.24, 2.45) is 0 Å². The van der Waals surface area contributed by atoms with Gasteiger partial charge in [-0.2, -0.15) is 4.31 Å². The van der Waals surface area contributed by atoms with Crippen molar-refractivity contribution in [3.8, 4) is 11.3 Å². The summed E-state index contributed by atoms with van der Waals surface area (Å²) in [6, 6.07) is 8.86. The van der Waals surface area contributed by atoms with E-state index in [1.54, 1.807) is 0 Å². The summed E-state index contributed by atoms with van der Waals surface area (Å²) < 4.78 is 93.7. The summed E-state index contributed by atoms with van der Waals surface area (Å²) in [6.45, 7) is -0.751. The average molecular weight is 525 g/mol. The Labute approximate surface area is 203 Å². The largest absolute Gasteiger partial charge is 0.351 e. The zero-order valence-corrected chi connectivity index (χ0v) is 19.4. The van der Waals surface area contributed by atoms with Gasteiger partial charge in [-0.05, 0) is 60.2 Å². The zero-order valence-electron chi connectivity index (χ0n) is 18.5. The molecule has 0 spiro atoms. The SMILES string of the molecule is O=C(NCc1cc(F)cc(-c2ccc(C(F)F)cn2)c1)C1CC(F)CN1S(=O)(=O)c1ccc(F)cc1. The van der Waals surface area contributed by atoms with Crippen molar-refractivity contribution in [2.45, 2.75) is 36.5 Å². The summed E-state index contributed by atoms with van der Waals surface area (Å²) in [6.07, 6.45) is -3.67. The maximum Gasteiger partial charge on any atom is 0.265 e. The molecule has 1 aliphatic heterocycles. The van der Waals surface area contributed by atoms with Crippen molar-refractivity contribution in [2.75, 3.05) is 6.54 Å². The molecule has 0 radical (unpaired) electrons. The topological polar surface area (TPSA) is 79.4 Å². The summed E-state index contributed by atoms with van der Waals surface area (Å²) in [5.74, 6) is -2.10. The number of hydrogen-bond donors (Lipinski definition) is 1. The van der Waals surface area contributed by atoms with Crippen LogP contribution in [0.4, 0.5) is 22.0 Å². The summed E-state index contributed by atoms with van der Waals surface area (Å²) in [4.78, 5) is 16.5. The molecule has 0 saturated carbocycles. The molecule has 0 aliphatic carbocycles. The van der Waals surface area contributed by atoms with Gasteiger partial charge < -0.3 is 5.32 Å². The van der Waals surface area contributed by atoms with Crippen molar-refractivity contribution >= 4 is 15.9 Å². The highest BCUT2D eigenvalue weighted by molar-refractivity contribution is 7.89. The van der Waals surface area contributed by atoms with Crippen LogP contribution in [0.15, 0.2) is 65.7 Å². The molecule has 1 saturated heterocycles. The van der Waals surface area contributed by atoms with Crippen LogP contribution in [0.1, 0.15) is 24.0 Å². The van der Waals surface area contributed by atoms with E-state index in [9.17, 15) is 35.2 Å². The Morgan fingerprint density at radius 3 is 2.42 bits per heavy atom. The van der Waals surface area contributed by atoms with Crippen LogP contribution in [0.25, 0.3) is 11.3 Å². The highest BCUT2D eigenvalue weighted by Gasteiger charge is 2.44. The molecule has 2 heterocycles. The standard InChI is InChI=1S/C24H20F5N3O3S/c25-17-2-4-20(5-3-17)36(34,35)32-13-19(27)10-22(32)24(33)31-11-14-7-16(9-18(26)8-14)21-6-1-15(12-30-21)23(28)29/h1-9,12,19,22-23H,10-11,13H2,(H,31,33). The number of rotatable bonds is 7. The van der Waals surface area contributed by atoms with E-state index in [-0.39, 0.29) is 34.7 Å². The van der Waals surface area contributed by atoms with Gasteiger partial charge in [-0.15, -0.1) is 0 Å². The highest BCUT2D eigenvalue weighted by atomic mass is 32.2. The third-order valence-electron chi connectivity index (χ3n) is 5.69. The van der Waals surface area contributed by atoms with Crippen LogP contribution in [0.3, 0.4) is 0 Å². The molecule has 12 heteroatoms. The van der Waals surface area contributed by atoms with Gasteiger partial charge in [0, 0.05) is 36.8 Å². The Kier molecular flexibility index (Phi) is 7.36. The Hall–Kier alpha value is -3.38. The van der Waals surface area contributed by atoms with Crippen LogP contribution in [0.2, 0.25) is 0 Å². The molecule has 0 bridgehead atoms. The lowest BCUT2D eigenvalue weighted by atomic mass is 10.1. The van der Waals surface area contributed by atoms with Gasteiger partial charge in [0.15, 0.2) is 0 Å². The van der Waals surface area contributed by atoms with Crippen LogP contribution in [-0.4, -0.2) is 42.4 Å². The fraction of sp³-hybridized carbons (Fsp3) is 0.250. The molecule has 2 unspecified atom stereocenters. The number of nitrogens with one attached hydrogen (secondary N) is 1. The van der Waals surface area contributed by atoms with Gasteiger partial charge >= 0.3 is 0 Å². The number of sulfonamides is 1. The van der Waals surface area contributed by atoms with Crippen molar-refractivity contribution in [3.63, 3.8) is 0 Å². The van der Waals surface area contributed by atoms with Gasteiger partial charge in [0.1, 0.15) is 23.8 Å². The van der Waals surface area contributed by atoms with E-state index in [0.717, 1.165) is 46.9 Å². The monoisotopic (exact) mass is 525 g/mol. The van der Waals surface area contributed by atoms with Crippen LogP contribution in [0, 0.1) is 11.6 Å². The van der Waals surface area contributed by atoms with Crippen molar-refractivity contribution < 1.29 is 35.2 Å². The average Bonchev–Trinajstić information content (AvgIpc) is 3.25. The minimum atomic E-state index is -4.28. The van der Waals surface area contributed by atoms with Gasteiger partial charge in [0.2, 0.25) is 15.9 Å². The predicted octanol–water partition coefficient (Wildman–Crippen LogP) is 4.38. The fourth-order valence-electron chi connectivity index (χ4n) is 3.91. The minimum Gasteiger partial charge on any atom is -0.351 e. The molecule has 4 rings (SSSR count). The number of carbonyl (C=O) groups excluding carboxylic acids is 1. The van der Waals surface area contributed by atoms with Gasteiger partial charge in [-0.1, -0.05) is 0 Å². The first-order valence-electron chi connectivity index (χ1n) is 10.8. The lowest BCUT2D eigenvalue weighted by Crippen LogP contribution is -2.45. The van der Waals surface area contributed by atoms with Gasteiger partial charge in [0.25, 0.3) is 6.43 Å². The first-order chi connectivity index (χ1) is 17.0. The molecule has 1 amide bonds. The number of benzene rings is 2. The van der Waals surface area contributed by atoms with E-state index in [4.69, 9.17) is 0 Å². The van der Waals surface area contributed by atoms with Crippen molar-refractivity contribution in [1.29, 1.82) is 0 Å². The van der Waals surface area contributed by atoms with E-state index in [1.807, 2.05) is 0 Å². The van der Waals surface area contributed by atoms with E-state index >= 15 is 0 Å². The second kappa shape index (κ2) is 10.3. The second-order valence-electron chi connectivity index (χ2n) is 8.22. The number of amides is 1. The number of halogens is 5. The van der Waals surface area contributed by atoms with Crippen LogP contribution in [-0.2, 0) is 21.4 Å². The fourth-order valence-corrected chi connectivity index (χ4v) is 5.54. The van der Waals surface area contributed by atoms with Crippen molar-refractivity contribution in [1.82, 2.24) is 14.6 Å². The third kappa shape index (κ3) is 5.54. The minimum absolute atomic E-state index is 0.212. The van der Waals surface area contributed by atoms with Crippen LogP contribution >= 0.6 is 0 Å².